The quantitative estimate of drug-likeness (QED) is 0.765. The monoisotopic (exact) mass is 303 g/mol. The Labute approximate surface area is 127 Å². The van der Waals surface area contributed by atoms with Gasteiger partial charge in [-0.05, 0) is 30.7 Å². The van der Waals surface area contributed by atoms with Crippen molar-refractivity contribution < 1.29 is 4.79 Å². The number of halogens is 2. The molecule has 0 heterocycles. The number of nitrogens with zero attached hydrogens (tertiary/aromatic N) is 1. The molecule has 0 amide bonds. The fraction of sp³-hybridized carbons (Fsp3) is 0.125. The lowest BCUT2D eigenvalue weighted by Gasteiger charge is -2.10. The molecule has 0 bridgehead atoms. The van der Waals surface area contributed by atoms with Gasteiger partial charge in [0.05, 0.1) is 11.1 Å². The summed E-state index contributed by atoms with van der Waals surface area (Å²) in [5.41, 5.74) is 2.04. The molecule has 0 fully saturated rings. The summed E-state index contributed by atoms with van der Waals surface area (Å²) in [6, 6.07) is 14.0. The van der Waals surface area contributed by atoms with Gasteiger partial charge in [-0.3, -0.25) is 4.79 Å². The minimum atomic E-state index is -0.866. The molecular formula is C16H11Cl2NO. The summed E-state index contributed by atoms with van der Waals surface area (Å²) in [6.07, 6.45) is 0. The largest absolute Gasteiger partial charge is 0.292 e. The van der Waals surface area contributed by atoms with E-state index in [2.05, 4.69) is 0 Å². The third kappa shape index (κ3) is 3.01. The topological polar surface area (TPSA) is 40.9 Å². The number of nitriles is 1. The van der Waals surface area contributed by atoms with E-state index in [9.17, 15) is 10.1 Å². The third-order valence-corrected chi connectivity index (χ3v) is 3.55. The maximum absolute atomic E-state index is 12.4. The first-order chi connectivity index (χ1) is 9.52. The molecular weight excluding hydrogens is 293 g/mol. The van der Waals surface area contributed by atoms with Crippen molar-refractivity contribution >= 4 is 29.0 Å². The van der Waals surface area contributed by atoms with Crippen LogP contribution in [0, 0.1) is 18.3 Å². The van der Waals surface area contributed by atoms with E-state index in [1.54, 1.807) is 24.3 Å². The Bertz CT molecular complexity index is 687. The van der Waals surface area contributed by atoms with Crippen molar-refractivity contribution in [1.29, 1.82) is 5.26 Å². The zero-order valence-electron chi connectivity index (χ0n) is 10.7. The highest BCUT2D eigenvalue weighted by Gasteiger charge is 2.23. The first-order valence-electron chi connectivity index (χ1n) is 5.98. The Morgan fingerprint density at radius 3 is 2.35 bits per heavy atom. The van der Waals surface area contributed by atoms with Gasteiger partial charge in [0.15, 0.2) is 5.78 Å². The van der Waals surface area contributed by atoms with Crippen molar-refractivity contribution in [3.63, 3.8) is 0 Å². The van der Waals surface area contributed by atoms with E-state index in [0.717, 1.165) is 5.56 Å². The molecule has 4 heteroatoms. The van der Waals surface area contributed by atoms with Gasteiger partial charge >= 0.3 is 0 Å². The number of benzene rings is 2. The molecule has 0 saturated heterocycles. The van der Waals surface area contributed by atoms with E-state index >= 15 is 0 Å². The standard InChI is InChI=1S/C16H11Cl2NO/c1-10-2-4-11(5-3-10)14(9-19)16(20)13-7-6-12(17)8-15(13)18/h2-8,14H,1H3. The minimum absolute atomic E-state index is 0.259. The first kappa shape index (κ1) is 14.6. The molecule has 2 rings (SSSR count). The van der Waals surface area contributed by atoms with Crippen molar-refractivity contribution in [2.24, 2.45) is 0 Å². The molecule has 2 aromatic rings. The predicted octanol–water partition coefficient (Wildman–Crippen LogP) is 4.79. The summed E-state index contributed by atoms with van der Waals surface area (Å²) in [6.45, 7) is 1.95. The first-order valence-corrected chi connectivity index (χ1v) is 6.74. The SMILES string of the molecule is Cc1ccc(C(C#N)C(=O)c2ccc(Cl)cc2Cl)cc1. The van der Waals surface area contributed by atoms with Crippen LogP contribution >= 0.6 is 23.2 Å². The summed E-state index contributed by atoms with van der Waals surface area (Å²) < 4.78 is 0. The highest BCUT2D eigenvalue weighted by molar-refractivity contribution is 6.37. The molecule has 2 nitrogen and oxygen atoms in total. The second kappa shape index (κ2) is 6.09. The van der Waals surface area contributed by atoms with Crippen LogP contribution in [-0.4, -0.2) is 5.78 Å². The van der Waals surface area contributed by atoms with Gasteiger partial charge in [-0.15, -0.1) is 0 Å². The van der Waals surface area contributed by atoms with Gasteiger partial charge in [0, 0.05) is 10.6 Å². The van der Waals surface area contributed by atoms with Crippen LogP contribution in [0.25, 0.3) is 0 Å². The number of ketones is 1. The highest BCUT2D eigenvalue weighted by atomic mass is 35.5. The molecule has 100 valence electrons. The summed E-state index contributed by atoms with van der Waals surface area (Å²) in [4.78, 5) is 12.4. The minimum Gasteiger partial charge on any atom is -0.292 e. The molecule has 0 saturated carbocycles. The summed E-state index contributed by atoms with van der Waals surface area (Å²) in [5, 5.41) is 10.00. The van der Waals surface area contributed by atoms with Crippen LogP contribution in [0.1, 0.15) is 27.4 Å². The smallest absolute Gasteiger partial charge is 0.185 e. The predicted molar refractivity (Wildman–Crippen MR) is 80.3 cm³/mol. The Balaban J connectivity index is 2.39. The Kier molecular flexibility index (Phi) is 4.44. The van der Waals surface area contributed by atoms with E-state index < -0.39 is 5.92 Å². The van der Waals surface area contributed by atoms with Gasteiger partial charge in [-0.1, -0.05) is 53.0 Å². The lowest BCUT2D eigenvalue weighted by atomic mass is 9.91. The summed E-state index contributed by atoms with van der Waals surface area (Å²) >= 11 is 11.8. The Hall–Kier alpha value is -1.82. The molecule has 0 spiro atoms. The van der Waals surface area contributed by atoms with Crippen molar-refractivity contribution in [1.82, 2.24) is 0 Å². The van der Waals surface area contributed by atoms with Crippen LogP contribution in [0.15, 0.2) is 42.5 Å². The molecule has 0 N–H and O–H groups in total. The summed E-state index contributed by atoms with van der Waals surface area (Å²) in [5.74, 6) is -1.19. The van der Waals surface area contributed by atoms with E-state index in [0.29, 0.717) is 16.1 Å². The molecule has 0 radical (unpaired) electrons. The normalized spacial score (nSPS) is 11.7. The van der Waals surface area contributed by atoms with Crippen molar-refractivity contribution in [3.05, 3.63) is 69.2 Å². The number of carbonyl (C=O) groups excluding carboxylic acids is 1. The number of carbonyl (C=O) groups is 1. The zero-order valence-corrected chi connectivity index (χ0v) is 12.2. The summed E-state index contributed by atoms with van der Waals surface area (Å²) in [7, 11) is 0. The molecule has 2 aromatic carbocycles. The Morgan fingerprint density at radius 2 is 1.80 bits per heavy atom. The van der Waals surface area contributed by atoms with Gasteiger partial charge < -0.3 is 0 Å². The maximum atomic E-state index is 12.4. The third-order valence-electron chi connectivity index (χ3n) is 3.00. The van der Waals surface area contributed by atoms with E-state index in [1.807, 2.05) is 25.1 Å². The average molecular weight is 304 g/mol. The van der Waals surface area contributed by atoms with Crippen LogP contribution in [0.3, 0.4) is 0 Å². The van der Waals surface area contributed by atoms with E-state index in [-0.39, 0.29) is 10.8 Å². The number of aryl methyl sites for hydroxylation is 1. The van der Waals surface area contributed by atoms with Crippen LogP contribution in [0.4, 0.5) is 0 Å². The number of rotatable bonds is 3. The zero-order chi connectivity index (χ0) is 14.7. The molecule has 1 atom stereocenters. The second-order valence-corrected chi connectivity index (χ2v) is 5.30. The molecule has 0 aliphatic heterocycles. The fourth-order valence-corrected chi connectivity index (χ4v) is 2.39. The average Bonchev–Trinajstić information content (AvgIpc) is 2.41. The molecule has 20 heavy (non-hydrogen) atoms. The van der Waals surface area contributed by atoms with Crippen molar-refractivity contribution in [2.45, 2.75) is 12.8 Å². The van der Waals surface area contributed by atoms with E-state index in [1.165, 1.54) is 6.07 Å². The van der Waals surface area contributed by atoms with Gasteiger partial charge in [0.2, 0.25) is 0 Å². The van der Waals surface area contributed by atoms with Crippen LogP contribution in [-0.2, 0) is 0 Å². The van der Waals surface area contributed by atoms with Crippen molar-refractivity contribution in [2.75, 3.05) is 0 Å². The maximum Gasteiger partial charge on any atom is 0.185 e. The van der Waals surface area contributed by atoms with Gasteiger partial charge in [-0.25, -0.2) is 0 Å². The van der Waals surface area contributed by atoms with Gasteiger partial charge in [-0.2, -0.15) is 5.26 Å². The lowest BCUT2D eigenvalue weighted by molar-refractivity contribution is 0.0979. The lowest BCUT2D eigenvalue weighted by Crippen LogP contribution is -2.11. The Morgan fingerprint density at radius 1 is 1.15 bits per heavy atom. The van der Waals surface area contributed by atoms with Crippen LogP contribution in [0.5, 0.6) is 0 Å². The highest BCUT2D eigenvalue weighted by Crippen LogP contribution is 2.27. The number of Topliss-reactive ketones (excluding diaryl/α,β-unsaturated/α-hetero) is 1. The van der Waals surface area contributed by atoms with Gasteiger partial charge in [0.1, 0.15) is 5.92 Å². The second-order valence-electron chi connectivity index (χ2n) is 4.46. The number of hydrogen-bond acceptors (Lipinski definition) is 2. The molecule has 1 unspecified atom stereocenters. The molecule has 0 aromatic heterocycles. The van der Waals surface area contributed by atoms with Crippen molar-refractivity contribution in [3.8, 4) is 6.07 Å². The van der Waals surface area contributed by atoms with E-state index in [4.69, 9.17) is 23.2 Å². The van der Waals surface area contributed by atoms with Crippen LogP contribution < -0.4 is 0 Å². The molecule has 0 aliphatic rings. The molecule has 0 aliphatic carbocycles. The number of hydrogen-bond donors (Lipinski definition) is 0. The fourth-order valence-electron chi connectivity index (χ4n) is 1.89. The van der Waals surface area contributed by atoms with Gasteiger partial charge in [0.25, 0.3) is 0 Å². The van der Waals surface area contributed by atoms with Crippen LogP contribution in [0.2, 0.25) is 10.0 Å².